The molecule has 2 aromatic rings. The van der Waals surface area contributed by atoms with E-state index >= 15 is 0 Å². The first-order valence-corrected chi connectivity index (χ1v) is 8.62. The Labute approximate surface area is 149 Å². The van der Waals surface area contributed by atoms with Gasteiger partial charge in [0.2, 0.25) is 0 Å². The van der Waals surface area contributed by atoms with Crippen LogP contribution < -0.4 is 10.1 Å². The Balaban J connectivity index is 1.88. The highest BCUT2D eigenvalue weighted by Gasteiger charge is 2.14. The smallest absolute Gasteiger partial charge is 0.265 e. The molecule has 2 aromatic carbocycles. The van der Waals surface area contributed by atoms with Crippen LogP contribution in [0.25, 0.3) is 0 Å². The fourth-order valence-electron chi connectivity index (χ4n) is 2.38. The Morgan fingerprint density at radius 2 is 1.60 bits per heavy atom. The molecule has 0 heterocycles. The van der Waals surface area contributed by atoms with Gasteiger partial charge in [0.05, 0.1) is 0 Å². The van der Waals surface area contributed by atoms with Crippen molar-refractivity contribution in [2.75, 3.05) is 5.32 Å². The number of Topliss-reactive ketones (excluding diaryl/α,β-unsaturated/α-hetero) is 1. The standard InChI is InChI=1S/C21H25NO3/c1-4-17-7-11-19(12-8-17)22-21(24)16(3)25-20-13-9-18(10-14-20)6-5-15(2)23/h7-14,16H,4-6H2,1-3H3,(H,22,24). The molecule has 0 bridgehead atoms. The lowest BCUT2D eigenvalue weighted by Crippen LogP contribution is -2.30. The number of anilines is 1. The van der Waals surface area contributed by atoms with Gasteiger partial charge < -0.3 is 14.8 Å². The normalized spacial score (nSPS) is 11.6. The average Bonchev–Trinajstić information content (AvgIpc) is 2.61. The predicted octanol–water partition coefficient (Wildman–Crippen LogP) is 4.18. The monoisotopic (exact) mass is 339 g/mol. The minimum atomic E-state index is -0.603. The number of ether oxygens (including phenoxy) is 1. The first kappa shape index (κ1) is 18.7. The summed E-state index contributed by atoms with van der Waals surface area (Å²) in [6.45, 7) is 5.40. The topological polar surface area (TPSA) is 55.4 Å². The fourth-order valence-corrected chi connectivity index (χ4v) is 2.38. The van der Waals surface area contributed by atoms with Crippen LogP contribution in [0.2, 0.25) is 0 Å². The third-order valence-corrected chi connectivity index (χ3v) is 4.00. The molecule has 0 saturated heterocycles. The molecule has 1 atom stereocenters. The fraction of sp³-hybridized carbons (Fsp3) is 0.333. The highest BCUT2D eigenvalue weighted by atomic mass is 16.5. The molecule has 132 valence electrons. The van der Waals surface area contributed by atoms with E-state index in [4.69, 9.17) is 4.74 Å². The zero-order valence-corrected chi connectivity index (χ0v) is 15.0. The summed E-state index contributed by atoms with van der Waals surface area (Å²) >= 11 is 0. The molecule has 0 spiro atoms. The van der Waals surface area contributed by atoms with Crippen molar-refractivity contribution in [2.45, 2.75) is 46.1 Å². The molecule has 0 aliphatic heterocycles. The van der Waals surface area contributed by atoms with Gasteiger partial charge in [-0.25, -0.2) is 0 Å². The summed E-state index contributed by atoms with van der Waals surface area (Å²) in [4.78, 5) is 23.3. The molecule has 1 N–H and O–H groups in total. The minimum Gasteiger partial charge on any atom is -0.481 e. The van der Waals surface area contributed by atoms with Gasteiger partial charge in [0.15, 0.2) is 6.10 Å². The number of ketones is 1. The average molecular weight is 339 g/mol. The summed E-state index contributed by atoms with van der Waals surface area (Å²) in [5, 5.41) is 2.86. The predicted molar refractivity (Wildman–Crippen MR) is 100.0 cm³/mol. The number of rotatable bonds is 8. The molecule has 2 rings (SSSR count). The second-order valence-corrected chi connectivity index (χ2v) is 6.15. The van der Waals surface area contributed by atoms with Crippen molar-refractivity contribution in [3.8, 4) is 5.75 Å². The second kappa shape index (κ2) is 9.02. The number of nitrogens with one attached hydrogen (secondary N) is 1. The lowest BCUT2D eigenvalue weighted by atomic mass is 10.1. The van der Waals surface area contributed by atoms with Gasteiger partial charge in [-0.1, -0.05) is 31.2 Å². The molecule has 4 nitrogen and oxygen atoms in total. The van der Waals surface area contributed by atoms with Crippen LogP contribution in [0.4, 0.5) is 5.69 Å². The summed E-state index contributed by atoms with van der Waals surface area (Å²) in [6, 6.07) is 15.3. The molecule has 1 unspecified atom stereocenters. The van der Waals surface area contributed by atoms with Gasteiger partial charge in [0.25, 0.3) is 5.91 Å². The lowest BCUT2D eigenvalue weighted by Gasteiger charge is -2.15. The van der Waals surface area contributed by atoms with Crippen LogP contribution in [0.5, 0.6) is 5.75 Å². The van der Waals surface area contributed by atoms with Crippen LogP contribution in [-0.4, -0.2) is 17.8 Å². The van der Waals surface area contributed by atoms with Gasteiger partial charge in [0.1, 0.15) is 11.5 Å². The number of carbonyl (C=O) groups is 2. The zero-order chi connectivity index (χ0) is 18.2. The molecular formula is C21H25NO3. The first-order valence-electron chi connectivity index (χ1n) is 8.62. The van der Waals surface area contributed by atoms with Crippen LogP contribution >= 0.6 is 0 Å². The molecule has 25 heavy (non-hydrogen) atoms. The minimum absolute atomic E-state index is 0.178. The number of benzene rings is 2. The zero-order valence-electron chi connectivity index (χ0n) is 15.0. The van der Waals surface area contributed by atoms with Gasteiger partial charge in [-0.15, -0.1) is 0 Å². The highest BCUT2D eigenvalue weighted by molar-refractivity contribution is 5.94. The maximum Gasteiger partial charge on any atom is 0.265 e. The molecule has 0 fully saturated rings. The van der Waals surface area contributed by atoms with Crippen LogP contribution in [-0.2, 0) is 22.4 Å². The van der Waals surface area contributed by atoms with Crippen molar-refractivity contribution in [3.05, 3.63) is 59.7 Å². The van der Waals surface area contributed by atoms with Crippen LogP contribution in [0.3, 0.4) is 0 Å². The van der Waals surface area contributed by atoms with Crippen LogP contribution in [0, 0.1) is 0 Å². The molecule has 0 aromatic heterocycles. The van der Waals surface area contributed by atoms with Gasteiger partial charge >= 0.3 is 0 Å². The van der Waals surface area contributed by atoms with E-state index in [-0.39, 0.29) is 11.7 Å². The molecule has 1 amide bonds. The van der Waals surface area contributed by atoms with E-state index < -0.39 is 6.10 Å². The van der Waals surface area contributed by atoms with Gasteiger partial charge in [-0.2, -0.15) is 0 Å². The van der Waals surface area contributed by atoms with E-state index in [1.807, 2.05) is 48.5 Å². The summed E-state index contributed by atoms with van der Waals surface area (Å²) in [7, 11) is 0. The third-order valence-electron chi connectivity index (χ3n) is 4.00. The summed E-state index contributed by atoms with van der Waals surface area (Å²) in [5.74, 6) is 0.623. The first-order chi connectivity index (χ1) is 12.0. The highest BCUT2D eigenvalue weighted by Crippen LogP contribution is 2.16. The van der Waals surface area contributed by atoms with Gasteiger partial charge in [-0.3, -0.25) is 4.79 Å². The van der Waals surface area contributed by atoms with E-state index in [1.165, 1.54) is 5.56 Å². The van der Waals surface area contributed by atoms with E-state index in [2.05, 4.69) is 12.2 Å². The number of hydrogen-bond acceptors (Lipinski definition) is 3. The Morgan fingerprint density at radius 1 is 1.00 bits per heavy atom. The van der Waals surface area contributed by atoms with Crippen LogP contribution in [0.15, 0.2) is 48.5 Å². The van der Waals surface area contributed by atoms with E-state index in [9.17, 15) is 9.59 Å². The second-order valence-electron chi connectivity index (χ2n) is 6.15. The molecule has 0 radical (unpaired) electrons. The van der Waals surface area contributed by atoms with Crippen molar-refractivity contribution in [1.82, 2.24) is 0 Å². The van der Waals surface area contributed by atoms with Gasteiger partial charge in [-0.05, 0) is 62.1 Å². The Bertz CT molecular complexity index is 705. The molecular weight excluding hydrogens is 314 g/mol. The Kier molecular flexibility index (Phi) is 6.75. The van der Waals surface area contributed by atoms with Crippen molar-refractivity contribution < 1.29 is 14.3 Å². The summed E-state index contributed by atoms with van der Waals surface area (Å²) < 4.78 is 5.69. The van der Waals surface area contributed by atoms with Crippen molar-refractivity contribution in [1.29, 1.82) is 0 Å². The number of amides is 1. The maximum atomic E-state index is 12.2. The quantitative estimate of drug-likeness (QED) is 0.785. The SMILES string of the molecule is CCc1ccc(NC(=O)C(C)Oc2ccc(CCC(C)=O)cc2)cc1. The van der Waals surface area contributed by atoms with Gasteiger partial charge in [0, 0.05) is 12.1 Å². The molecule has 0 saturated carbocycles. The molecule has 4 heteroatoms. The third kappa shape index (κ3) is 6.07. The largest absolute Gasteiger partial charge is 0.481 e. The van der Waals surface area contributed by atoms with Crippen molar-refractivity contribution >= 4 is 17.4 Å². The van der Waals surface area contributed by atoms with E-state index in [0.29, 0.717) is 12.2 Å². The van der Waals surface area contributed by atoms with Crippen molar-refractivity contribution in [2.24, 2.45) is 0 Å². The Morgan fingerprint density at radius 3 is 2.16 bits per heavy atom. The van der Waals surface area contributed by atoms with E-state index in [0.717, 1.165) is 24.1 Å². The number of aryl methyl sites for hydroxylation is 2. The Hall–Kier alpha value is -2.62. The summed E-state index contributed by atoms with van der Waals surface area (Å²) in [5.41, 5.74) is 3.07. The lowest BCUT2D eigenvalue weighted by molar-refractivity contribution is -0.122. The molecule has 0 aliphatic carbocycles. The molecule has 0 aliphatic rings. The number of hydrogen-bond donors (Lipinski definition) is 1. The number of carbonyl (C=O) groups excluding carboxylic acids is 2. The van der Waals surface area contributed by atoms with Crippen molar-refractivity contribution in [3.63, 3.8) is 0 Å². The maximum absolute atomic E-state index is 12.2. The van der Waals surface area contributed by atoms with Crippen LogP contribution in [0.1, 0.15) is 38.3 Å². The summed E-state index contributed by atoms with van der Waals surface area (Å²) in [6.07, 6.45) is 1.62. The van der Waals surface area contributed by atoms with E-state index in [1.54, 1.807) is 13.8 Å².